The second-order valence-corrected chi connectivity index (χ2v) is 3.49. The molecule has 0 spiro atoms. The van der Waals surface area contributed by atoms with Crippen molar-refractivity contribution in [3.8, 4) is 0 Å². The van der Waals surface area contributed by atoms with Gasteiger partial charge >= 0.3 is 5.97 Å². The Balaban J connectivity index is 2.34. The van der Waals surface area contributed by atoms with E-state index < -0.39 is 5.97 Å². The number of carboxylic acids is 1. The van der Waals surface area contributed by atoms with Crippen molar-refractivity contribution in [1.82, 2.24) is 4.98 Å². The summed E-state index contributed by atoms with van der Waals surface area (Å²) in [5.74, 6) is -0.288. The standard InChI is InChI=1S/C11H12N2O3/c1-7(11(14)15)8-4-9-6-16-3-2-12-10(9)13-5-8/h4-5H,1-3,6H2,(H,12,13)(H,14,15). The van der Waals surface area contributed by atoms with Gasteiger partial charge in [-0.2, -0.15) is 0 Å². The Hall–Kier alpha value is -1.88. The SMILES string of the molecule is C=C(C(=O)O)c1cnc2c(c1)COCCN2. The first-order valence-corrected chi connectivity index (χ1v) is 4.91. The lowest BCUT2D eigenvalue weighted by atomic mass is 10.1. The van der Waals surface area contributed by atoms with Crippen molar-refractivity contribution < 1.29 is 14.6 Å². The lowest BCUT2D eigenvalue weighted by Gasteiger charge is -2.07. The zero-order valence-corrected chi connectivity index (χ0v) is 8.69. The number of carbonyl (C=O) groups is 1. The Morgan fingerprint density at radius 2 is 2.44 bits per heavy atom. The average Bonchev–Trinajstić information content (AvgIpc) is 2.51. The average molecular weight is 220 g/mol. The van der Waals surface area contributed by atoms with Crippen molar-refractivity contribution in [3.63, 3.8) is 0 Å². The van der Waals surface area contributed by atoms with Gasteiger partial charge in [-0.1, -0.05) is 6.58 Å². The highest BCUT2D eigenvalue weighted by Crippen LogP contribution is 2.21. The molecule has 1 aromatic rings. The number of fused-ring (bicyclic) bond motifs is 1. The Bertz CT molecular complexity index is 443. The van der Waals surface area contributed by atoms with Crippen molar-refractivity contribution in [3.05, 3.63) is 30.0 Å². The first-order valence-electron chi connectivity index (χ1n) is 4.91. The van der Waals surface area contributed by atoms with Gasteiger partial charge in [0.2, 0.25) is 0 Å². The molecule has 0 atom stereocenters. The maximum Gasteiger partial charge on any atom is 0.335 e. The number of nitrogens with zero attached hydrogens (tertiary/aromatic N) is 1. The number of pyridine rings is 1. The molecule has 0 aromatic carbocycles. The first-order chi connectivity index (χ1) is 7.68. The van der Waals surface area contributed by atoms with Gasteiger partial charge in [0.05, 0.1) is 18.8 Å². The van der Waals surface area contributed by atoms with Crippen LogP contribution in [-0.2, 0) is 16.1 Å². The molecule has 2 heterocycles. The lowest BCUT2D eigenvalue weighted by Crippen LogP contribution is -2.06. The molecular weight excluding hydrogens is 208 g/mol. The maximum absolute atomic E-state index is 10.8. The van der Waals surface area contributed by atoms with Crippen LogP contribution in [0.15, 0.2) is 18.8 Å². The normalized spacial score (nSPS) is 14.5. The molecule has 5 heteroatoms. The van der Waals surface area contributed by atoms with Crippen LogP contribution in [0.25, 0.3) is 5.57 Å². The minimum absolute atomic E-state index is 0.0412. The van der Waals surface area contributed by atoms with Crippen molar-refractivity contribution in [2.75, 3.05) is 18.5 Å². The number of ether oxygens (including phenoxy) is 1. The largest absolute Gasteiger partial charge is 0.478 e. The third-order valence-corrected chi connectivity index (χ3v) is 2.37. The Kier molecular flexibility index (Phi) is 2.87. The molecule has 0 amide bonds. The summed E-state index contributed by atoms with van der Waals surface area (Å²) in [5, 5.41) is 11.9. The number of aromatic nitrogens is 1. The number of anilines is 1. The monoisotopic (exact) mass is 220 g/mol. The molecule has 1 aromatic heterocycles. The van der Waals surface area contributed by atoms with Crippen LogP contribution >= 0.6 is 0 Å². The van der Waals surface area contributed by atoms with Crippen LogP contribution in [-0.4, -0.2) is 29.2 Å². The van der Waals surface area contributed by atoms with Gasteiger partial charge in [0, 0.05) is 23.9 Å². The van der Waals surface area contributed by atoms with Gasteiger partial charge in [-0.3, -0.25) is 0 Å². The quantitative estimate of drug-likeness (QED) is 0.731. The molecule has 16 heavy (non-hydrogen) atoms. The number of hydrogen-bond acceptors (Lipinski definition) is 4. The fraction of sp³-hybridized carbons (Fsp3) is 0.273. The fourth-order valence-electron chi connectivity index (χ4n) is 1.49. The van der Waals surface area contributed by atoms with Gasteiger partial charge in [-0.15, -0.1) is 0 Å². The summed E-state index contributed by atoms with van der Waals surface area (Å²) in [7, 11) is 0. The van der Waals surface area contributed by atoms with Crippen LogP contribution in [0.1, 0.15) is 11.1 Å². The molecule has 0 unspecified atom stereocenters. The molecule has 2 rings (SSSR count). The summed E-state index contributed by atoms with van der Waals surface area (Å²) >= 11 is 0. The zero-order valence-electron chi connectivity index (χ0n) is 8.69. The van der Waals surface area contributed by atoms with E-state index in [1.165, 1.54) is 6.20 Å². The molecule has 0 radical (unpaired) electrons. The molecule has 0 bridgehead atoms. The molecule has 5 nitrogen and oxygen atoms in total. The molecule has 1 aliphatic rings. The number of carboxylic acid groups (broad SMARTS) is 1. The van der Waals surface area contributed by atoms with Crippen LogP contribution in [0.4, 0.5) is 5.82 Å². The van der Waals surface area contributed by atoms with Crippen LogP contribution in [0, 0.1) is 0 Å². The Morgan fingerprint density at radius 1 is 1.62 bits per heavy atom. The molecule has 84 valence electrons. The van der Waals surface area contributed by atoms with E-state index in [9.17, 15) is 4.79 Å². The summed E-state index contributed by atoms with van der Waals surface area (Å²) in [6.07, 6.45) is 1.51. The second-order valence-electron chi connectivity index (χ2n) is 3.49. The van der Waals surface area contributed by atoms with Crippen LogP contribution in [0.2, 0.25) is 0 Å². The van der Waals surface area contributed by atoms with Gasteiger partial charge in [0.1, 0.15) is 5.82 Å². The van der Waals surface area contributed by atoms with E-state index in [1.807, 2.05) is 0 Å². The fourth-order valence-corrected chi connectivity index (χ4v) is 1.49. The predicted octanol–water partition coefficient (Wildman–Crippen LogP) is 1.12. The van der Waals surface area contributed by atoms with Crippen molar-refractivity contribution in [2.45, 2.75) is 6.61 Å². The highest BCUT2D eigenvalue weighted by Gasteiger charge is 2.13. The number of aliphatic carboxylic acids is 1. The van der Waals surface area contributed by atoms with Crippen LogP contribution in [0.3, 0.4) is 0 Å². The van der Waals surface area contributed by atoms with Crippen LogP contribution < -0.4 is 5.32 Å². The van der Waals surface area contributed by atoms with E-state index in [0.29, 0.717) is 25.3 Å². The summed E-state index contributed by atoms with van der Waals surface area (Å²) < 4.78 is 5.34. The van der Waals surface area contributed by atoms with Crippen molar-refractivity contribution in [1.29, 1.82) is 0 Å². The highest BCUT2D eigenvalue weighted by atomic mass is 16.5. The Morgan fingerprint density at radius 3 is 3.19 bits per heavy atom. The number of rotatable bonds is 2. The van der Waals surface area contributed by atoms with E-state index >= 15 is 0 Å². The third kappa shape index (κ3) is 2.04. The van der Waals surface area contributed by atoms with E-state index in [2.05, 4.69) is 16.9 Å². The molecule has 1 aliphatic heterocycles. The molecule has 0 saturated heterocycles. The van der Waals surface area contributed by atoms with E-state index in [0.717, 1.165) is 11.4 Å². The van der Waals surface area contributed by atoms with Gasteiger partial charge in [0.15, 0.2) is 0 Å². The Labute approximate surface area is 92.8 Å². The third-order valence-electron chi connectivity index (χ3n) is 2.37. The van der Waals surface area contributed by atoms with Gasteiger partial charge in [-0.25, -0.2) is 9.78 Å². The maximum atomic E-state index is 10.8. The summed E-state index contributed by atoms with van der Waals surface area (Å²) in [6.45, 7) is 5.26. The summed E-state index contributed by atoms with van der Waals surface area (Å²) in [6, 6.07) is 1.75. The molecule has 0 fully saturated rings. The van der Waals surface area contributed by atoms with Crippen LogP contribution in [0.5, 0.6) is 0 Å². The van der Waals surface area contributed by atoms with Crippen molar-refractivity contribution in [2.24, 2.45) is 0 Å². The zero-order chi connectivity index (χ0) is 11.5. The van der Waals surface area contributed by atoms with E-state index in [-0.39, 0.29) is 5.57 Å². The van der Waals surface area contributed by atoms with Gasteiger partial charge < -0.3 is 15.2 Å². The smallest absolute Gasteiger partial charge is 0.335 e. The number of nitrogens with one attached hydrogen (secondary N) is 1. The van der Waals surface area contributed by atoms with Gasteiger partial charge in [-0.05, 0) is 6.07 Å². The topological polar surface area (TPSA) is 71.5 Å². The highest BCUT2D eigenvalue weighted by molar-refractivity contribution is 6.14. The van der Waals surface area contributed by atoms with Gasteiger partial charge in [0.25, 0.3) is 0 Å². The summed E-state index contributed by atoms with van der Waals surface area (Å²) in [4.78, 5) is 14.9. The molecule has 0 saturated carbocycles. The summed E-state index contributed by atoms with van der Waals surface area (Å²) in [5.41, 5.74) is 1.41. The molecular formula is C11H12N2O3. The van der Waals surface area contributed by atoms with E-state index in [1.54, 1.807) is 6.07 Å². The van der Waals surface area contributed by atoms with Crippen molar-refractivity contribution >= 4 is 17.4 Å². The first kappa shape index (κ1) is 10.6. The minimum Gasteiger partial charge on any atom is -0.478 e. The minimum atomic E-state index is -1.04. The second kappa shape index (κ2) is 4.32. The molecule has 0 aliphatic carbocycles. The van der Waals surface area contributed by atoms with E-state index in [4.69, 9.17) is 9.84 Å². The molecule has 2 N–H and O–H groups in total. The predicted molar refractivity (Wildman–Crippen MR) is 59.1 cm³/mol. The lowest BCUT2D eigenvalue weighted by molar-refractivity contribution is -0.130. The number of hydrogen-bond donors (Lipinski definition) is 2.